The first-order valence-electron chi connectivity index (χ1n) is 9.21. The van der Waals surface area contributed by atoms with E-state index in [1.807, 2.05) is 18.2 Å². The smallest absolute Gasteiger partial charge is 0.485 e. The highest BCUT2D eigenvalue weighted by molar-refractivity contribution is 5.73. The quantitative estimate of drug-likeness (QED) is 0.312. The molecule has 19 heteroatoms. The minimum absolute atomic E-state index is 0.219. The molecule has 0 radical (unpaired) electrons. The summed E-state index contributed by atoms with van der Waals surface area (Å²) in [5.41, 5.74) is 7.63. The molecule has 1 aromatic rings. The number of hydrogen-bond donors (Lipinski definition) is 4. The van der Waals surface area contributed by atoms with Gasteiger partial charge in [-0.1, -0.05) is 0 Å². The van der Waals surface area contributed by atoms with E-state index in [9.17, 15) is 39.5 Å². The number of anilines is 2. The summed E-state index contributed by atoms with van der Waals surface area (Å²) in [6.07, 6.45) is -15.0. The zero-order chi connectivity index (χ0) is 29.9. The molecule has 1 aliphatic rings. The number of nitrogen functional groups attached to an aromatic ring is 1. The van der Waals surface area contributed by atoms with Crippen molar-refractivity contribution in [2.45, 2.75) is 24.6 Å². The van der Waals surface area contributed by atoms with Crippen molar-refractivity contribution in [2.75, 3.05) is 44.9 Å². The van der Waals surface area contributed by atoms with E-state index in [-0.39, 0.29) is 6.10 Å². The average molecular weight is 563 g/mol. The van der Waals surface area contributed by atoms with Crippen LogP contribution < -0.4 is 15.4 Å². The summed E-state index contributed by atoms with van der Waals surface area (Å²) in [5.74, 6) is -7.35. The van der Waals surface area contributed by atoms with E-state index in [1.54, 1.807) is 0 Å². The maximum atomic E-state index is 10.6. The van der Waals surface area contributed by atoms with E-state index in [0.29, 0.717) is 0 Å². The van der Waals surface area contributed by atoms with Crippen LogP contribution >= 0.6 is 0 Å². The van der Waals surface area contributed by atoms with Gasteiger partial charge in [0.15, 0.2) is 0 Å². The maximum Gasteiger partial charge on any atom is 0.490 e. The third kappa shape index (κ3) is 15.9. The largest absolute Gasteiger partial charge is 0.490 e. The molecule has 10 nitrogen and oxygen atoms in total. The summed E-state index contributed by atoms with van der Waals surface area (Å²) in [7, 11) is 6.19. The topological polar surface area (TPSA) is 154 Å². The first-order chi connectivity index (χ1) is 16.4. The molecule has 1 aliphatic heterocycles. The fraction of sp³-hybridized carbons (Fsp3) is 0.500. The lowest BCUT2D eigenvalue weighted by molar-refractivity contribution is -0.193. The molecule has 2 rings (SSSR count). The zero-order valence-electron chi connectivity index (χ0n) is 19.1. The van der Waals surface area contributed by atoms with Gasteiger partial charge in [0.05, 0.1) is 12.2 Å². The first kappa shape index (κ1) is 35.5. The molecule has 0 spiro atoms. The third-order valence-corrected chi connectivity index (χ3v) is 3.46. The number of rotatable bonds is 2. The number of carbonyl (C=O) groups is 3. The number of carboxylic acids is 3. The summed E-state index contributed by atoms with van der Waals surface area (Å²) >= 11 is 0. The summed E-state index contributed by atoms with van der Waals surface area (Å²) in [4.78, 5) is 31.0. The normalized spacial score (nSPS) is 14.8. The van der Waals surface area contributed by atoms with Gasteiger partial charge in [0, 0.05) is 19.3 Å². The zero-order valence-corrected chi connectivity index (χ0v) is 19.1. The molecule has 214 valence electrons. The molecule has 37 heavy (non-hydrogen) atoms. The molecule has 1 unspecified atom stereocenters. The van der Waals surface area contributed by atoms with E-state index >= 15 is 0 Å². The Balaban J connectivity index is 0. The number of alkyl halides is 9. The molecule has 5 N–H and O–H groups in total. The van der Waals surface area contributed by atoms with Gasteiger partial charge in [0.25, 0.3) is 0 Å². The predicted molar refractivity (Wildman–Crippen MR) is 108 cm³/mol. The monoisotopic (exact) mass is 563 g/mol. The molecule has 1 heterocycles. The highest BCUT2D eigenvalue weighted by Gasteiger charge is 2.39. The van der Waals surface area contributed by atoms with Gasteiger partial charge < -0.3 is 35.6 Å². The van der Waals surface area contributed by atoms with E-state index in [1.165, 1.54) is 0 Å². The van der Waals surface area contributed by atoms with Gasteiger partial charge in [-0.3, -0.25) is 0 Å². The Morgan fingerprint density at radius 1 is 0.919 bits per heavy atom. The van der Waals surface area contributed by atoms with Crippen molar-refractivity contribution in [2.24, 2.45) is 0 Å². The van der Waals surface area contributed by atoms with Gasteiger partial charge in [0.2, 0.25) is 0 Å². The van der Waals surface area contributed by atoms with Crippen LogP contribution in [0.5, 0.6) is 5.75 Å². The first-order valence-corrected chi connectivity index (χ1v) is 9.21. The number of hydrogen-bond acceptors (Lipinski definition) is 7. The summed E-state index contributed by atoms with van der Waals surface area (Å²) in [6.45, 7) is 1.82. The van der Waals surface area contributed by atoms with Crippen molar-refractivity contribution in [1.29, 1.82) is 0 Å². The molecule has 0 fully saturated rings. The van der Waals surface area contributed by atoms with Gasteiger partial charge in [0.1, 0.15) is 11.9 Å². The van der Waals surface area contributed by atoms with Crippen LogP contribution in [0.25, 0.3) is 0 Å². The molecule has 1 aromatic carbocycles. The lowest BCUT2D eigenvalue weighted by Crippen LogP contribution is -2.43. The van der Waals surface area contributed by atoms with Crippen molar-refractivity contribution in [3.05, 3.63) is 18.2 Å². The Hall–Kier alpha value is -3.64. The number of carboxylic acid groups (broad SMARTS) is 3. The van der Waals surface area contributed by atoms with Gasteiger partial charge in [-0.2, -0.15) is 39.5 Å². The fourth-order valence-corrected chi connectivity index (χ4v) is 2.06. The fourth-order valence-electron chi connectivity index (χ4n) is 2.06. The molecular formula is C18H22F9N3O7. The summed E-state index contributed by atoms with van der Waals surface area (Å²) < 4.78 is 101. The van der Waals surface area contributed by atoms with Crippen molar-refractivity contribution < 1.29 is 74.0 Å². The Bertz CT molecular complexity index is 847. The number of halogens is 9. The molecule has 0 amide bonds. The minimum Gasteiger partial charge on any atom is -0.485 e. The van der Waals surface area contributed by atoms with Gasteiger partial charge in [-0.05, 0) is 32.3 Å². The number of ether oxygens (including phenoxy) is 1. The third-order valence-electron chi connectivity index (χ3n) is 3.46. The Morgan fingerprint density at radius 3 is 1.57 bits per heavy atom. The second-order valence-corrected chi connectivity index (χ2v) is 7.02. The molecule has 0 saturated carbocycles. The predicted octanol–water partition coefficient (Wildman–Crippen LogP) is 2.93. The van der Waals surface area contributed by atoms with Crippen LogP contribution in [0.1, 0.15) is 0 Å². The van der Waals surface area contributed by atoms with Crippen LogP contribution in [0.3, 0.4) is 0 Å². The number of benzene rings is 1. The second kappa shape index (κ2) is 14.2. The van der Waals surface area contributed by atoms with Crippen LogP contribution in [-0.2, 0) is 14.4 Å². The Kier molecular flexibility index (Phi) is 13.6. The van der Waals surface area contributed by atoms with E-state index < -0.39 is 36.4 Å². The van der Waals surface area contributed by atoms with Gasteiger partial charge in [-0.25, -0.2) is 14.4 Å². The minimum atomic E-state index is -5.08. The van der Waals surface area contributed by atoms with E-state index in [2.05, 4.69) is 30.9 Å². The summed E-state index contributed by atoms with van der Waals surface area (Å²) in [6, 6.07) is 5.79. The van der Waals surface area contributed by atoms with Crippen LogP contribution in [0, 0.1) is 0 Å². The number of fused-ring (bicyclic) bond motifs is 1. The highest BCUT2D eigenvalue weighted by atomic mass is 19.4. The number of nitrogens with two attached hydrogens (primary N) is 1. The molecule has 0 aliphatic carbocycles. The number of likely N-dealkylation sites (N-methyl/N-ethyl adjacent to an activating group) is 2. The van der Waals surface area contributed by atoms with Crippen molar-refractivity contribution in [3.8, 4) is 5.75 Å². The van der Waals surface area contributed by atoms with Crippen LogP contribution in [0.2, 0.25) is 0 Å². The lowest BCUT2D eigenvalue weighted by Gasteiger charge is -2.35. The molecular weight excluding hydrogens is 541 g/mol. The number of nitrogens with zero attached hydrogens (tertiary/aromatic N) is 2. The van der Waals surface area contributed by atoms with Crippen LogP contribution in [0.15, 0.2) is 18.2 Å². The molecule has 0 bridgehead atoms. The van der Waals surface area contributed by atoms with Gasteiger partial charge in [-0.15, -0.1) is 0 Å². The number of aliphatic carboxylic acids is 3. The summed E-state index contributed by atoms with van der Waals surface area (Å²) in [5, 5.41) is 21.4. The van der Waals surface area contributed by atoms with Crippen molar-refractivity contribution in [1.82, 2.24) is 4.90 Å². The van der Waals surface area contributed by atoms with Crippen molar-refractivity contribution >= 4 is 29.3 Å². The molecule has 1 atom stereocenters. The Labute approximate surface area is 202 Å². The van der Waals surface area contributed by atoms with Gasteiger partial charge >= 0.3 is 36.4 Å². The maximum absolute atomic E-state index is 10.6. The molecule has 0 saturated heterocycles. The van der Waals surface area contributed by atoms with Crippen LogP contribution in [0.4, 0.5) is 50.9 Å². The van der Waals surface area contributed by atoms with E-state index in [4.69, 9.17) is 40.2 Å². The average Bonchev–Trinajstić information content (AvgIpc) is 2.67. The van der Waals surface area contributed by atoms with Crippen LogP contribution in [-0.4, -0.2) is 97.0 Å². The highest BCUT2D eigenvalue weighted by Crippen LogP contribution is 2.34. The standard InChI is InChI=1S/C12H19N3O.3C2HF3O2/c1-14(2)7-10-8-15(3)11-6-9(13)4-5-12(11)16-10;3*3-2(4,5)1(6)7/h4-6,10H,7-8,13H2,1-3H3;3*(H,6,7). The Morgan fingerprint density at radius 2 is 1.27 bits per heavy atom. The van der Waals surface area contributed by atoms with Crippen molar-refractivity contribution in [3.63, 3.8) is 0 Å². The van der Waals surface area contributed by atoms with E-state index in [0.717, 1.165) is 30.2 Å². The molecule has 0 aromatic heterocycles. The SMILES string of the molecule is CN(C)CC1CN(C)c2cc(N)ccc2O1.O=C(O)C(F)(F)F.O=C(O)C(F)(F)F.O=C(O)C(F)(F)F. The lowest BCUT2D eigenvalue weighted by atomic mass is 10.2. The second-order valence-electron chi connectivity index (χ2n) is 7.02.